The number of sulfone groups is 1. The molecular formula is C35H45NO9S2. The number of thiophene rings is 1. The molecule has 1 aromatic carbocycles. The van der Waals surface area contributed by atoms with E-state index in [0.717, 1.165) is 11.3 Å². The van der Waals surface area contributed by atoms with E-state index in [1.165, 1.54) is 0 Å². The Balaban J connectivity index is 1.23. The van der Waals surface area contributed by atoms with Crippen molar-refractivity contribution in [3.8, 4) is 0 Å². The number of aliphatic hydroxyl groups excluding tert-OH is 1. The van der Waals surface area contributed by atoms with Gasteiger partial charge in [-0.1, -0.05) is 31.2 Å². The van der Waals surface area contributed by atoms with Gasteiger partial charge in [-0.2, -0.15) is 0 Å². The number of esters is 1. The van der Waals surface area contributed by atoms with Gasteiger partial charge in [0.15, 0.2) is 9.84 Å². The lowest BCUT2D eigenvalue weighted by Gasteiger charge is -2.71. The summed E-state index contributed by atoms with van der Waals surface area (Å²) in [5.41, 5.74) is -4.01. The summed E-state index contributed by atoms with van der Waals surface area (Å²) in [7, 11) is -0.416. The number of likely N-dealkylation sites (N-methyl/N-ethyl adjacent to an activating group) is 1. The molecular weight excluding hydrogens is 643 g/mol. The van der Waals surface area contributed by atoms with Gasteiger partial charge in [0, 0.05) is 68.9 Å². The van der Waals surface area contributed by atoms with E-state index in [0.29, 0.717) is 50.8 Å². The minimum atomic E-state index is -3.67. The molecule has 1 spiro atoms. The summed E-state index contributed by atoms with van der Waals surface area (Å²) < 4.78 is 45.5. The van der Waals surface area contributed by atoms with Crippen LogP contribution in [0.5, 0.6) is 0 Å². The summed E-state index contributed by atoms with van der Waals surface area (Å²) in [6, 6.07) is 9.91. The maximum absolute atomic E-state index is 14.4. The molecule has 10 nitrogen and oxygen atoms in total. The van der Waals surface area contributed by atoms with E-state index < -0.39 is 50.0 Å². The second-order valence-corrected chi connectivity index (χ2v) is 18.1. The van der Waals surface area contributed by atoms with Crippen LogP contribution in [0.2, 0.25) is 0 Å². The van der Waals surface area contributed by atoms with Gasteiger partial charge in [-0.05, 0) is 61.2 Å². The van der Waals surface area contributed by atoms with E-state index in [-0.39, 0.29) is 57.9 Å². The number of aliphatic hydroxyl groups is 3. The lowest BCUT2D eigenvalue weighted by atomic mass is 9.42. The Bertz CT molecular complexity index is 1670. The second kappa shape index (κ2) is 10.8. The van der Waals surface area contributed by atoms with Gasteiger partial charge < -0.3 is 29.5 Å². The molecule has 12 heteroatoms. The minimum absolute atomic E-state index is 0.0637. The lowest BCUT2D eigenvalue weighted by molar-refractivity contribution is -0.333. The van der Waals surface area contributed by atoms with Crippen LogP contribution in [0, 0.1) is 35.0 Å². The van der Waals surface area contributed by atoms with Crippen molar-refractivity contribution in [3.63, 3.8) is 0 Å². The predicted molar refractivity (Wildman–Crippen MR) is 172 cm³/mol. The highest BCUT2D eigenvalue weighted by Crippen LogP contribution is 2.80. The fourth-order valence-corrected chi connectivity index (χ4v) is 14.8. The molecule has 2 heterocycles. The predicted octanol–water partition coefficient (Wildman–Crippen LogP) is 2.89. The average Bonchev–Trinajstić information content (AvgIpc) is 3.75. The number of likely N-dealkylation sites (tertiary alicyclic amines) is 1. The van der Waals surface area contributed by atoms with Gasteiger partial charge in [0.05, 0.1) is 23.5 Å². The standard InChI is InChI=1S/C35H45NO9S2/c1-4-36-19-32(45-31(38)22-9-6-5-8-20(22)18-47(41,42)28-10-7-13-46-28)12-11-21(17-37)34-26(32)15-24(29(34)36)33(39)16-25(43-2)23-14-27(34)35(33,40)30(23)44-3/h5-10,13,21,23-27,29-30,37,39-40H,4,11-12,14-19H2,1-3H3/t21-,23-,24+,25+,26?,27?,29?,30+,32-,33+,34+,35+/m1/s1. The van der Waals surface area contributed by atoms with Crippen LogP contribution < -0.4 is 0 Å². The minimum Gasteiger partial charge on any atom is -0.454 e. The highest BCUT2D eigenvalue weighted by atomic mass is 32.2. The van der Waals surface area contributed by atoms with Gasteiger partial charge in [-0.25, -0.2) is 13.2 Å². The van der Waals surface area contributed by atoms with E-state index in [2.05, 4.69) is 11.8 Å². The Labute approximate surface area is 279 Å². The van der Waals surface area contributed by atoms with Crippen molar-refractivity contribution < 1.29 is 42.7 Å². The third-order valence-electron chi connectivity index (χ3n) is 13.7. The van der Waals surface area contributed by atoms with Gasteiger partial charge in [-0.3, -0.25) is 4.90 Å². The number of piperidine rings is 1. The number of rotatable bonds is 9. The molecule has 8 rings (SSSR count). The number of methoxy groups -OCH3 is 2. The molecule has 256 valence electrons. The highest BCUT2D eigenvalue weighted by Gasteiger charge is 2.88. The van der Waals surface area contributed by atoms with Crippen LogP contribution in [0.15, 0.2) is 46.0 Å². The summed E-state index contributed by atoms with van der Waals surface area (Å²) in [5.74, 6) is -2.14. The van der Waals surface area contributed by atoms with Crippen LogP contribution >= 0.6 is 11.3 Å². The molecule has 7 bridgehead atoms. The van der Waals surface area contributed by atoms with Crippen molar-refractivity contribution in [2.24, 2.45) is 35.0 Å². The molecule has 2 aromatic rings. The van der Waals surface area contributed by atoms with Crippen molar-refractivity contribution in [1.29, 1.82) is 0 Å². The monoisotopic (exact) mass is 687 g/mol. The molecule has 1 saturated heterocycles. The fraction of sp³-hybridized carbons (Fsp3) is 0.686. The van der Waals surface area contributed by atoms with Crippen molar-refractivity contribution in [1.82, 2.24) is 4.90 Å². The molecule has 1 aromatic heterocycles. The number of nitrogens with zero attached hydrogens (tertiary/aromatic N) is 1. The molecule has 12 atom stereocenters. The lowest BCUT2D eigenvalue weighted by Crippen LogP contribution is -2.82. The van der Waals surface area contributed by atoms with Crippen LogP contribution in [-0.2, 0) is 29.8 Å². The zero-order valence-electron chi connectivity index (χ0n) is 27.1. The van der Waals surface area contributed by atoms with Crippen LogP contribution in [0.1, 0.15) is 54.9 Å². The topological polar surface area (TPSA) is 143 Å². The van der Waals surface area contributed by atoms with E-state index >= 15 is 0 Å². The van der Waals surface area contributed by atoms with E-state index in [9.17, 15) is 28.5 Å². The smallest absolute Gasteiger partial charge is 0.339 e. The molecule has 0 amide bonds. The Morgan fingerprint density at radius 3 is 2.55 bits per heavy atom. The first kappa shape index (κ1) is 32.3. The average molecular weight is 688 g/mol. The molecule has 6 aliphatic rings. The first-order chi connectivity index (χ1) is 22.5. The van der Waals surface area contributed by atoms with E-state index in [1.54, 1.807) is 56.0 Å². The number of ether oxygens (including phenoxy) is 3. The number of carbonyl (C=O) groups is 1. The van der Waals surface area contributed by atoms with Gasteiger partial charge >= 0.3 is 5.97 Å². The molecule has 1 aliphatic heterocycles. The largest absolute Gasteiger partial charge is 0.454 e. The summed E-state index contributed by atoms with van der Waals surface area (Å²) in [6.07, 6.45) is 1.65. The number of carbonyl (C=O) groups excluding carboxylic acids is 1. The Kier molecular flexibility index (Phi) is 7.42. The molecule has 3 unspecified atom stereocenters. The maximum atomic E-state index is 14.4. The quantitative estimate of drug-likeness (QED) is 0.337. The third-order valence-corrected chi connectivity index (χ3v) is 16.9. The van der Waals surface area contributed by atoms with Gasteiger partial charge in [0.2, 0.25) is 0 Å². The van der Waals surface area contributed by atoms with Gasteiger partial charge in [0.1, 0.15) is 21.0 Å². The summed E-state index contributed by atoms with van der Waals surface area (Å²) in [6.45, 7) is 3.14. The summed E-state index contributed by atoms with van der Waals surface area (Å²) in [4.78, 5) is 16.7. The third kappa shape index (κ3) is 3.93. The maximum Gasteiger partial charge on any atom is 0.339 e. The Hall–Kier alpha value is -1.90. The Morgan fingerprint density at radius 1 is 1.09 bits per heavy atom. The van der Waals surface area contributed by atoms with Crippen molar-refractivity contribution in [3.05, 3.63) is 52.9 Å². The second-order valence-electron chi connectivity index (χ2n) is 15.0. The molecule has 47 heavy (non-hydrogen) atoms. The number of hydrogen-bond acceptors (Lipinski definition) is 11. The van der Waals surface area contributed by atoms with Crippen molar-refractivity contribution in [2.45, 2.75) is 84.0 Å². The molecule has 6 fully saturated rings. The van der Waals surface area contributed by atoms with Crippen LogP contribution in [0.25, 0.3) is 0 Å². The zero-order valence-corrected chi connectivity index (χ0v) is 28.7. The molecule has 5 saturated carbocycles. The first-order valence-electron chi connectivity index (χ1n) is 16.9. The van der Waals surface area contributed by atoms with E-state index in [1.807, 2.05) is 0 Å². The molecule has 5 aliphatic carbocycles. The summed E-state index contributed by atoms with van der Waals surface area (Å²) >= 11 is 1.15. The van der Waals surface area contributed by atoms with Gasteiger partial charge in [0.25, 0.3) is 0 Å². The van der Waals surface area contributed by atoms with Crippen molar-refractivity contribution in [2.75, 3.05) is 33.9 Å². The van der Waals surface area contributed by atoms with Crippen LogP contribution in [0.3, 0.4) is 0 Å². The molecule has 0 radical (unpaired) electrons. The van der Waals surface area contributed by atoms with Crippen LogP contribution in [0.4, 0.5) is 0 Å². The van der Waals surface area contributed by atoms with Gasteiger partial charge in [-0.15, -0.1) is 11.3 Å². The Morgan fingerprint density at radius 2 is 1.87 bits per heavy atom. The van der Waals surface area contributed by atoms with E-state index in [4.69, 9.17) is 14.2 Å². The molecule has 3 N–H and O–H groups in total. The normalized spacial score (nSPS) is 44.8. The SMILES string of the molecule is CCN1C[C@]2(OC(=O)c3ccccc3CS(=O)(=O)c3cccs3)CC[C@H](CO)[C@]34C1[C@H](CC23)[C@@]1(O)C[C@H](OC)[C@H]2CC4[C@]1(O)[C@H]2OC. The highest BCUT2D eigenvalue weighted by molar-refractivity contribution is 7.92. The summed E-state index contributed by atoms with van der Waals surface area (Å²) in [5, 5.41) is 38.6. The number of fused-ring (bicyclic) bond motifs is 2. The fourth-order valence-electron chi connectivity index (χ4n) is 12.3. The van der Waals surface area contributed by atoms with Crippen LogP contribution in [-0.4, -0.2) is 104 Å². The first-order valence-corrected chi connectivity index (χ1v) is 19.4. The zero-order chi connectivity index (χ0) is 33.1. The van der Waals surface area contributed by atoms with Crippen molar-refractivity contribution >= 4 is 27.1 Å². The number of benzene rings is 1. The number of hydrogen-bond donors (Lipinski definition) is 3.